The Morgan fingerprint density at radius 2 is 2.55 bits per heavy atom. The number of hydrazine groups is 1. The largest absolute Gasteiger partial charge is 0.271 e. The Morgan fingerprint density at radius 1 is 1.82 bits per heavy atom. The topological polar surface area (TPSA) is 50.9 Å². The number of rotatable bonds is 3. The first-order valence-corrected chi connectivity index (χ1v) is 4.44. The van der Waals surface area contributed by atoms with Crippen molar-refractivity contribution >= 4 is 11.5 Å². The summed E-state index contributed by atoms with van der Waals surface area (Å²) < 4.78 is 4.18. The number of hydrogen-bond donors (Lipinski definition) is 2. The molecule has 1 rings (SSSR count). The molecular weight excluding hydrogens is 158 g/mol. The summed E-state index contributed by atoms with van der Waals surface area (Å²) >= 11 is 1.51. The highest BCUT2D eigenvalue weighted by Gasteiger charge is 2.08. The van der Waals surface area contributed by atoms with Gasteiger partial charge in [0.1, 0.15) is 0 Å². The molecule has 0 aliphatic heterocycles. The third-order valence-corrected chi connectivity index (χ3v) is 2.59. The second-order valence-corrected chi connectivity index (χ2v) is 3.33. The van der Waals surface area contributed by atoms with Crippen LogP contribution in [0.2, 0.25) is 0 Å². The maximum absolute atomic E-state index is 5.35. The van der Waals surface area contributed by atoms with Gasteiger partial charge in [-0.1, -0.05) is 6.92 Å². The van der Waals surface area contributed by atoms with E-state index in [-0.39, 0.29) is 6.04 Å². The van der Waals surface area contributed by atoms with Gasteiger partial charge < -0.3 is 0 Å². The highest BCUT2D eigenvalue weighted by molar-refractivity contribution is 7.05. The van der Waals surface area contributed by atoms with E-state index in [1.54, 1.807) is 0 Å². The Bertz CT molecular complexity index is 217. The zero-order valence-electron chi connectivity index (χ0n) is 6.79. The van der Waals surface area contributed by atoms with Gasteiger partial charge >= 0.3 is 0 Å². The first-order chi connectivity index (χ1) is 5.27. The van der Waals surface area contributed by atoms with E-state index in [0.717, 1.165) is 12.1 Å². The minimum atomic E-state index is 0.265. The molecule has 0 bridgehead atoms. The van der Waals surface area contributed by atoms with Crippen LogP contribution < -0.4 is 11.3 Å². The van der Waals surface area contributed by atoms with E-state index in [1.165, 1.54) is 16.4 Å². The van der Waals surface area contributed by atoms with E-state index in [4.69, 9.17) is 5.84 Å². The number of aryl methyl sites for hydroxylation is 1. The molecule has 1 aromatic heterocycles. The summed E-state index contributed by atoms with van der Waals surface area (Å²) in [5.41, 5.74) is 3.82. The van der Waals surface area contributed by atoms with Crippen LogP contribution in [0.25, 0.3) is 0 Å². The molecule has 11 heavy (non-hydrogen) atoms. The lowest BCUT2D eigenvalue weighted by molar-refractivity contribution is 0.547. The van der Waals surface area contributed by atoms with Crippen LogP contribution in [0.1, 0.15) is 30.0 Å². The molecule has 0 saturated heterocycles. The van der Waals surface area contributed by atoms with E-state index >= 15 is 0 Å². The summed E-state index contributed by atoms with van der Waals surface area (Å²) in [5.74, 6) is 5.35. The molecule has 62 valence electrons. The Kier molecular flexibility index (Phi) is 2.99. The monoisotopic (exact) mass is 171 g/mol. The predicted molar refractivity (Wildman–Crippen MR) is 47.2 cm³/mol. The van der Waals surface area contributed by atoms with Crippen LogP contribution >= 0.6 is 11.5 Å². The fourth-order valence-corrected chi connectivity index (χ4v) is 1.84. The lowest BCUT2D eigenvalue weighted by Gasteiger charge is -2.08. The smallest absolute Gasteiger partial charge is 0.0566 e. The lowest BCUT2D eigenvalue weighted by atomic mass is 10.2. The van der Waals surface area contributed by atoms with Gasteiger partial charge in [0.25, 0.3) is 0 Å². The first-order valence-electron chi connectivity index (χ1n) is 3.67. The van der Waals surface area contributed by atoms with Crippen LogP contribution in [0.3, 0.4) is 0 Å². The van der Waals surface area contributed by atoms with Gasteiger partial charge in [-0.15, -0.1) is 0 Å². The second-order valence-electron chi connectivity index (χ2n) is 2.50. The van der Waals surface area contributed by atoms with Gasteiger partial charge in [-0.25, -0.2) is 0 Å². The van der Waals surface area contributed by atoms with Crippen molar-refractivity contribution in [3.63, 3.8) is 0 Å². The molecule has 1 atom stereocenters. The molecule has 0 radical (unpaired) electrons. The van der Waals surface area contributed by atoms with Crippen molar-refractivity contribution in [3.8, 4) is 0 Å². The predicted octanol–water partition coefficient (Wildman–Crippen LogP) is 1.37. The van der Waals surface area contributed by atoms with E-state index in [0.29, 0.717) is 0 Å². The minimum absolute atomic E-state index is 0.265. The van der Waals surface area contributed by atoms with Gasteiger partial charge in [-0.2, -0.15) is 4.37 Å². The second kappa shape index (κ2) is 3.80. The molecule has 0 amide bonds. The number of aromatic nitrogens is 1. The minimum Gasteiger partial charge on any atom is -0.271 e. The molecule has 0 aromatic carbocycles. The average Bonchev–Trinajstić information content (AvgIpc) is 2.39. The first kappa shape index (κ1) is 8.64. The van der Waals surface area contributed by atoms with Gasteiger partial charge in [-0.05, 0) is 30.9 Å². The third kappa shape index (κ3) is 1.99. The van der Waals surface area contributed by atoms with Crippen molar-refractivity contribution in [2.24, 2.45) is 5.84 Å². The lowest BCUT2D eigenvalue weighted by Crippen LogP contribution is -2.26. The van der Waals surface area contributed by atoms with Crippen molar-refractivity contribution < 1.29 is 0 Å². The number of nitrogens with one attached hydrogen (secondary N) is 1. The maximum atomic E-state index is 5.35. The van der Waals surface area contributed by atoms with Crippen molar-refractivity contribution in [2.75, 3.05) is 0 Å². The molecule has 0 fully saturated rings. The van der Waals surface area contributed by atoms with E-state index < -0.39 is 0 Å². The molecule has 0 aliphatic carbocycles. The van der Waals surface area contributed by atoms with Crippen molar-refractivity contribution in [2.45, 2.75) is 26.3 Å². The highest BCUT2D eigenvalue weighted by atomic mass is 32.1. The summed E-state index contributed by atoms with van der Waals surface area (Å²) in [6.45, 7) is 4.09. The van der Waals surface area contributed by atoms with Crippen LogP contribution in [-0.2, 0) is 0 Å². The van der Waals surface area contributed by atoms with Crippen LogP contribution in [0.5, 0.6) is 0 Å². The third-order valence-electron chi connectivity index (χ3n) is 1.60. The molecule has 3 nitrogen and oxygen atoms in total. The average molecular weight is 171 g/mol. The SMILES string of the molecule is CCC(NN)c1cc(C)ns1. The summed E-state index contributed by atoms with van der Waals surface area (Å²) in [4.78, 5) is 1.22. The molecular formula is C7H13N3S. The van der Waals surface area contributed by atoms with Gasteiger partial charge in [0.15, 0.2) is 0 Å². The molecule has 1 aromatic rings. The Hall–Kier alpha value is -0.450. The van der Waals surface area contributed by atoms with Crippen LogP contribution in [-0.4, -0.2) is 4.37 Å². The Labute approximate surface area is 70.8 Å². The summed E-state index contributed by atoms with van der Waals surface area (Å²) in [6, 6.07) is 2.33. The fraction of sp³-hybridized carbons (Fsp3) is 0.571. The quantitative estimate of drug-likeness (QED) is 0.533. The van der Waals surface area contributed by atoms with Crippen molar-refractivity contribution in [1.29, 1.82) is 0 Å². The molecule has 0 saturated carbocycles. The Balaban J connectivity index is 2.73. The maximum Gasteiger partial charge on any atom is 0.0566 e. The molecule has 1 unspecified atom stereocenters. The fourth-order valence-electron chi connectivity index (χ4n) is 0.949. The highest BCUT2D eigenvalue weighted by Crippen LogP contribution is 2.20. The zero-order chi connectivity index (χ0) is 8.27. The van der Waals surface area contributed by atoms with Gasteiger partial charge in [0, 0.05) is 4.88 Å². The summed E-state index contributed by atoms with van der Waals surface area (Å²) in [6.07, 6.45) is 0.998. The Morgan fingerprint density at radius 3 is 2.91 bits per heavy atom. The van der Waals surface area contributed by atoms with E-state index in [9.17, 15) is 0 Å². The van der Waals surface area contributed by atoms with Crippen LogP contribution in [0.4, 0.5) is 0 Å². The van der Waals surface area contributed by atoms with Gasteiger partial charge in [0.05, 0.1) is 11.7 Å². The van der Waals surface area contributed by atoms with E-state index in [1.807, 2.05) is 6.92 Å². The summed E-state index contributed by atoms with van der Waals surface area (Å²) in [7, 11) is 0. The molecule has 1 heterocycles. The van der Waals surface area contributed by atoms with Crippen molar-refractivity contribution in [1.82, 2.24) is 9.80 Å². The standard InChI is InChI=1S/C7H13N3S/c1-3-6(9-8)7-4-5(2)10-11-7/h4,6,9H,3,8H2,1-2H3. The molecule has 3 N–H and O–H groups in total. The van der Waals surface area contributed by atoms with Crippen LogP contribution in [0, 0.1) is 6.92 Å². The zero-order valence-corrected chi connectivity index (χ0v) is 7.61. The number of hydrogen-bond acceptors (Lipinski definition) is 4. The molecule has 0 spiro atoms. The van der Waals surface area contributed by atoms with E-state index in [2.05, 4.69) is 22.8 Å². The van der Waals surface area contributed by atoms with Crippen LogP contribution in [0.15, 0.2) is 6.07 Å². The van der Waals surface area contributed by atoms with Gasteiger partial charge in [-0.3, -0.25) is 11.3 Å². The molecule has 4 heteroatoms. The summed E-state index contributed by atoms with van der Waals surface area (Å²) in [5, 5.41) is 0. The van der Waals surface area contributed by atoms with Crippen molar-refractivity contribution in [3.05, 3.63) is 16.6 Å². The number of nitrogens with two attached hydrogens (primary N) is 1. The van der Waals surface area contributed by atoms with Gasteiger partial charge in [0.2, 0.25) is 0 Å². The molecule has 0 aliphatic rings. The number of nitrogens with zero attached hydrogens (tertiary/aromatic N) is 1. The normalized spacial score (nSPS) is 13.4.